The molecule has 27 heavy (non-hydrogen) atoms. The molecular weight excluding hydrogens is 354 g/mol. The van der Waals surface area contributed by atoms with Crippen LogP contribution in [0.25, 0.3) is 0 Å². The van der Waals surface area contributed by atoms with Gasteiger partial charge in [-0.25, -0.2) is 4.79 Å². The van der Waals surface area contributed by atoms with Gasteiger partial charge in [0.05, 0.1) is 12.5 Å². The molecule has 5 N–H and O–H groups in total. The van der Waals surface area contributed by atoms with Crippen molar-refractivity contribution >= 4 is 23.8 Å². The van der Waals surface area contributed by atoms with Gasteiger partial charge in [0.25, 0.3) is 0 Å². The van der Waals surface area contributed by atoms with E-state index in [0.29, 0.717) is 18.5 Å². The SMILES string of the molecule is O=C(O)C[C@H](NC(=O)[C@@H]1CCCN1)C(=O)N[C@@H](Cc1ccccc1)C(=O)O. The fraction of sp³-hybridized carbons (Fsp3) is 0.444. The van der Waals surface area contributed by atoms with E-state index in [1.165, 1.54) is 0 Å². The van der Waals surface area contributed by atoms with E-state index in [1.807, 2.05) is 0 Å². The van der Waals surface area contributed by atoms with E-state index < -0.39 is 48.3 Å². The molecule has 1 aliphatic rings. The summed E-state index contributed by atoms with van der Waals surface area (Å²) in [7, 11) is 0. The Balaban J connectivity index is 2.04. The molecule has 1 fully saturated rings. The van der Waals surface area contributed by atoms with Gasteiger partial charge in [0, 0.05) is 6.42 Å². The van der Waals surface area contributed by atoms with Crippen molar-refractivity contribution in [2.24, 2.45) is 0 Å². The van der Waals surface area contributed by atoms with Gasteiger partial charge in [0.15, 0.2) is 0 Å². The predicted octanol–water partition coefficient (Wildman–Crippen LogP) is -0.490. The molecule has 0 bridgehead atoms. The van der Waals surface area contributed by atoms with Crippen molar-refractivity contribution in [1.29, 1.82) is 0 Å². The molecule has 2 amide bonds. The van der Waals surface area contributed by atoms with Crippen molar-refractivity contribution in [1.82, 2.24) is 16.0 Å². The third-order valence-electron chi connectivity index (χ3n) is 4.29. The Hall–Kier alpha value is -2.94. The van der Waals surface area contributed by atoms with Gasteiger partial charge in [-0.2, -0.15) is 0 Å². The van der Waals surface area contributed by atoms with Crippen LogP contribution < -0.4 is 16.0 Å². The van der Waals surface area contributed by atoms with Crippen LogP contribution in [0.1, 0.15) is 24.8 Å². The maximum Gasteiger partial charge on any atom is 0.326 e. The van der Waals surface area contributed by atoms with Crippen LogP contribution in [-0.2, 0) is 25.6 Å². The van der Waals surface area contributed by atoms with Crippen molar-refractivity contribution in [3.05, 3.63) is 35.9 Å². The third kappa shape index (κ3) is 6.37. The monoisotopic (exact) mass is 377 g/mol. The van der Waals surface area contributed by atoms with Gasteiger partial charge in [-0.05, 0) is 24.9 Å². The molecule has 146 valence electrons. The Morgan fingerprint density at radius 2 is 1.78 bits per heavy atom. The predicted molar refractivity (Wildman–Crippen MR) is 94.9 cm³/mol. The van der Waals surface area contributed by atoms with Crippen LogP contribution in [0, 0.1) is 0 Å². The Morgan fingerprint density at radius 3 is 2.33 bits per heavy atom. The average Bonchev–Trinajstić information content (AvgIpc) is 3.15. The molecule has 1 heterocycles. The number of benzene rings is 1. The number of amides is 2. The first-order chi connectivity index (χ1) is 12.9. The molecule has 1 aromatic carbocycles. The van der Waals surface area contributed by atoms with Gasteiger partial charge >= 0.3 is 11.9 Å². The lowest BCUT2D eigenvalue weighted by Crippen LogP contribution is -2.55. The average molecular weight is 377 g/mol. The van der Waals surface area contributed by atoms with Crippen molar-refractivity contribution < 1.29 is 29.4 Å². The van der Waals surface area contributed by atoms with E-state index in [-0.39, 0.29) is 6.42 Å². The third-order valence-corrected chi connectivity index (χ3v) is 4.29. The first-order valence-corrected chi connectivity index (χ1v) is 8.69. The molecule has 0 radical (unpaired) electrons. The van der Waals surface area contributed by atoms with E-state index in [1.54, 1.807) is 30.3 Å². The van der Waals surface area contributed by atoms with Crippen LogP contribution in [0.15, 0.2) is 30.3 Å². The standard InChI is InChI=1S/C18H23N3O6/c22-15(23)10-13(20-16(24)12-7-4-8-19-12)17(25)21-14(18(26)27)9-11-5-2-1-3-6-11/h1-3,5-6,12-14,19H,4,7-10H2,(H,20,24)(H,21,25)(H,22,23)(H,26,27)/t12-,13-,14-/m0/s1. The van der Waals surface area contributed by atoms with Crippen LogP contribution in [-0.4, -0.2) is 58.6 Å². The zero-order valence-electron chi connectivity index (χ0n) is 14.7. The Bertz CT molecular complexity index is 688. The summed E-state index contributed by atoms with van der Waals surface area (Å²) < 4.78 is 0. The molecule has 0 aromatic heterocycles. The summed E-state index contributed by atoms with van der Waals surface area (Å²) >= 11 is 0. The summed E-state index contributed by atoms with van der Waals surface area (Å²) in [5.74, 6) is -3.83. The Kier molecular flexibility index (Phi) is 7.30. The van der Waals surface area contributed by atoms with E-state index >= 15 is 0 Å². The smallest absolute Gasteiger partial charge is 0.326 e. The van der Waals surface area contributed by atoms with Gasteiger partial charge in [-0.15, -0.1) is 0 Å². The number of rotatable bonds is 9. The molecule has 0 unspecified atom stereocenters. The topological polar surface area (TPSA) is 145 Å². The maximum atomic E-state index is 12.5. The number of carbonyl (C=O) groups is 4. The summed E-state index contributed by atoms with van der Waals surface area (Å²) in [5.41, 5.74) is 0.708. The fourth-order valence-corrected chi connectivity index (χ4v) is 2.89. The summed E-state index contributed by atoms with van der Waals surface area (Å²) in [6.07, 6.45) is 0.812. The Morgan fingerprint density at radius 1 is 1.07 bits per heavy atom. The van der Waals surface area contributed by atoms with Crippen molar-refractivity contribution in [3.8, 4) is 0 Å². The summed E-state index contributed by atoms with van der Waals surface area (Å²) in [4.78, 5) is 47.2. The zero-order valence-corrected chi connectivity index (χ0v) is 14.7. The number of carboxylic acids is 2. The molecule has 3 atom stereocenters. The lowest BCUT2D eigenvalue weighted by Gasteiger charge is -2.22. The van der Waals surface area contributed by atoms with E-state index in [0.717, 1.165) is 6.42 Å². The quantitative estimate of drug-likeness (QED) is 0.390. The van der Waals surface area contributed by atoms with Crippen LogP contribution in [0.3, 0.4) is 0 Å². The van der Waals surface area contributed by atoms with Crippen molar-refractivity contribution in [3.63, 3.8) is 0 Å². The lowest BCUT2D eigenvalue weighted by atomic mass is 10.0. The van der Waals surface area contributed by atoms with E-state index in [9.17, 15) is 24.3 Å². The number of hydrogen-bond donors (Lipinski definition) is 5. The van der Waals surface area contributed by atoms with Gasteiger partial charge in [0.1, 0.15) is 12.1 Å². The number of carbonyl (C=O) groups excluding carboxylic acids is 2. The number of hydrogen-bond acceptors (Lipinski definition) is 5. The van der Waals surface area contributed by atoms with E-state index in [4.69, 9.17) is 5.11 Å². The molecule has 9 heteroatoms. The van der Waals surface area contributed by atoms with Crippen molar-refractivity contribution in [2.45, 2.75) is 43.8 Å². The molecule has 1 aliphatic heterocycles. The first kappa shape index (κ1) is 20.4. The summed E-state index contributed by atoms with van der Waals surface area (Å²) in [6, 6.07) is 5.67. The van der Waals surface area contributed by atoms with Crippen molar-refractivity contribution in [2.75, 3.05) is 6.54 Å². The Labute approximate surface area is 156 Å². The molecule has 0 aliphatic carbocycles. The highest BCUT2D eigenvalue weighted by Gasteiger charge is 2.31. The second-order valence-corrected chi connectivity index (χ2v) is 6.40. The minimum Gasteiger partial charge on any atom is -0.481 e. The van der Waals surface area contributed by atoms with Crippen LogP contribution in [0.4, 0.5) is 0 Å². The molecule has 1 aromatic rings. The second kappa shape index (κ2) is 9.67. The minimum absolute atomic E-state index is 0.0415. The molecular formula is C18H23N3O6. The molecule has 0 spiro atoms. The number of aliphatic carboxylic acids is 2. The first-order valence-electron chi connectivity index (χ1n) is 8.69. The number of nitrogens with one attached hydrogen (secondary N) is 3. The highest BCUT2D eigenvalue weighted by atomic mass is 16.4. The van der Waals surface area contributed by atoms with Crippen LogP contribution in [0.2, 0.25) is 0 Å². The highest BCUT2D eigenvalue weighted by molar-refractivity contribution is 5.94. The maximum absolute atomic E-state index is 12.5. The van der Waals surface area contributed by atoms with Gasteiger partial charge in [-0.1, -0.05) is 30.3 Å². The highest BCUT2D eigenvalue weighted by Crippen LogP contribution is 2.07. The largest absolute Gasteiger partial charge is 0.481 e. The minimum atomic E-state index is -1.35. The molecule has 1 saturated heterocycles. The van der Waals surface area contributed by atoms with Crippen LogP contribution >= 0.6 is 0 Å². The second-order valence-electron chi connectivity index (χ2n) is 6.40. The molecule has 2 rings (SSSR count). The summed E-state index contributed by atoms with van der Waals surface area (Å²) in [6.45, 7) is 0.673. The molecule has 0 saturated carbocycles. The van der Waals surface area contributed by atoms with Gasteiger partial charge in [0.2, 0.25) is 11.8 Å². The van der Waals surface area contributed by atoms with E-state index in [2.05, 4.69) is 16.0 Å². The lowest BCUT2D eigenvalue weighted by molar-refractivity contribution is -0.143. The summed E-state index contributed by atoms with van der Waals surface area (Å²) in [5, 5.41) is 26.1. The zero-order chi connectivity index (χ0) is 19.8. The number of carboxylic acid groups (broad SMARTS) is 2. The van der Waals surface area contributed by atoms with Crippen LogP contribution in [0.5, 0.6) is 0 Å². The van der Waals surface area contributed by atoms with Gasteiger partial charge in [-0.3, -0.25) is 14.4 Å². The molecule has 9 nitrogen and oxygen atoms in total. The van der Waals surface area contributed by atoms with Gasteiger partial charge < -0.3 is 26.2 Å². The normalized spacial score (nSPS) is 18.3. The fourth-order valence-electron chi connectivity index (χ4n) is 2.89.